The van der Waals surface area contributed by atoms with Gasteiger partial charge in [0.05, 0.1) is 27.7 Å². The number of hydrogen-bond acceptors (Lipinski definition) is 8. The van der Waals surface area contributed by atoms with Crippen LogP contribution >= 0.6 is 7.82 Å². The predicted molar refractivity (Wildman–Crippen MR) is 252 cm³/mol. The Morgan fingerprint density at radius 1 is 0.574 bits per heavy atom. The highest BCUT2D eigenvalue weighted by molar-refractivity contribution is 7.47. The Kier molecular flexibility index (Phi) is 37.6. The number of likely N-dealkylation sites (N-methyl/N-ethyl adjacent to an activating group) is 1. The van der Waals surface area contributed by atoms with Gasteiger partial charge in [-0.3, -0.25) is 23.4 Å². The van der Waals surface area contributed by atoms with Gasteiger partial charge in [0, 0.05) is 19.3 Å². The molecule has 0 radical (unpaired) electrons. The topological polar surface area (TPSA) is 125 Å². The molecule has 1 unspecified atom stereocenters. The molecule has 0 aromatic carbocycles. The predicted octanol–water partition coefficient (Wildman–Crippen LogP) is 12.1. The first kappa shape index (κ1) is 57.1. The number of hydrogen-bond donors (Lipinski definition) is 1. The second-order valence-corrected chi connectivity index (χ2v) is 16.8. The van der Waals surface area contributed by atoms with Crippen molar-refractivity contribution in [2.24, 2.45) is 0 Å². The van der Waals surface area contributed by atoms with Crippen molar-refractivity contribution in [1.82, 2.24) is 0 Å². The summed E-state index contributed by atoms with van der Waals surface area (Å²) in [5.74, 6) is -0.849. The number of phosphoric acid groups is 1. The van der Waals surface area contributed by atoms with Crippen molar-refractivity contribution in [3.05, 3.63) is 122 Å². The molecule has 1 N–H and O–H groups in total. The fraction of sp³-hybridized carbons (Fsp3) is 0.540. The number of rotatable bonds is 38. The number of ether oxygens (including phenoxy) is 2. The zero-order valence-electron chi connectivity index (χ0n) is 38.1. The number of allylic oxidation sites excluding steroid dienone is 20. The molecule has 0 saturated heterocycles. The van der Waals surface area contributed by atoms with Gasteiger partial charge >= 0.3 is 19.8 Å². The summed E-state index contributed by atoms with van der Waals surface area (Å²) in [4.78, 5) is 47.1. The molecule has 0 aliphatic carbocycles. The van der Waals surface area contributed by atoms with Gasteiger partial charge in [-0.05, 0) is 83.1 Å². The molecule has 0 amide bonds. The van der Waals surface area contributed by atoms with Crippen LogP contribution < -0.4 is 0 Å². The molecule has 342 valence electrons. The van der Waals surface area contributed by atoms with E-state index in [1.54, 1.807) is 12.2 Å². The van der Waals surface area contributed by atoms with E-state index in [0.717, 1.165) is 70.6 Å². The highest BCUT2D eigenvalue weighted by Gasteiger charge is 2.27. The Bertz CT molecular complexity index is 1510. The summed E-state index contributed by atoms with van der Waals surface area (Å²) in [6, 6.07) is 0. The minimum Gasteiger partial charge on any atom is -0.462 e. The molecule has 0 aliphatic rings. The summed E-state index contributed by atoms with van der Waals surface area (Å²) in [7, 11) is 1.34. The summed E-state index contributed by atoms with van der Waals surface area (Å²) in [5.41, 5.74) is 0. The van der Waals surface area contributed by atoms with Crippen molar-refractivity contribution in [3.63, 3.8) is 0 Å². The van der Waals surface area contributed by atoms with Gasteiger partial charge in [0.1, 0.15) is 19.8 Å². The third-order valence-corrected chi connectivity index (χ3v) is 9.45. The van der Waals surface area contributed by atoms with E-state index in [9.17, 15) is 23.8 Å². The average Bonchev–Trinajstić information content (AvgIpc) is 3.21. The largest absolute Gasteiger partial charge is 0.472 e. The maximum absolute atomic E-state index is 12.7. The molecule has 0 aromatic rings. The summed E-state index contributed by atoms with van der Waals surface area (Å²) in [6.07, 6.45) is 52.6. The smallest absolute Gasteiger partial charge is 0.462 e. The van der Waals surface area contributed by atoms with Crippen LogP contribution in [0, 0.1) is 0 Å². The summed E-state index contributed by atoms with van der Waals surface area (Å²) >= 11 is 0. The molecular formula is C50H79NO9P+. The molecule has 2 atom stereocenters. The number of nitrogens with zero attached hydrogens (tertiary/aromatic N) is 1. The van der Waals surface area contributed by atoms with Crippen LogP contribution in [0.5, 0.6) is 0 Å². The fourth-order valence-electron chi connectivity index (χ4n) is 4.98. The van der Waals surface area contributed by atoms with Crippen LogP contribution in [-0.2, 0) is 37.5 Å². The van der Waals surface area contributed by atoms with E-state index in [-0.39, 0.29) is 31.8 Å². The van der Waals surface area contributed by atoms with Gasteiger partial charge in [-0.25, -0.2) is 4.57 Å². The molecule has 61 heavy (non-hydrogen) atoms. The van der Waals surface area contributed by atoms with Crippen molar-refractivity contribution in [2.45, 2.75) is 129 Å². The zero-order valence-corrected chi connectivity index (χ0v) is 39.0. The fourth-order valence-corrected chi connectivity index (χ4v) is 5.73. The molecule has 0 fully saturated rings. The van der Waals surface area contributed by atoms with E-state index in [2.05, 4.69) is 86.8 Å². The minimum absolute atomic E-state index is 0.00818. The quantitative estimate of drug-likeness (QED) is 0.0123. The highest BCUT2D eigenvalue weighted by atomic mass is 31.2. The molecule has 0 aromatic heterocycles. The maximum Gasteiger partial charge on any atom is 0.472 e. The number of carbonyl (C=O) groups excluding carboxylic acids is 3. The first-order valence-corrected chi connectivity index (χ1v) is 23.7. The molecular weight excluding hydrogens is 790 g/mol. The van der Waals surface area contributed by atoms with Gasteiger partial charge < -0.3 is 18.9 Å². The lowest BCUT2D eigenvalue weighted by Crippen LogP contribution is -2.37. The van der Waals surface area contributed by atoms with E-state index in [1.807, 2.05) is 57.6 Å². The molecule has 11 heteroatoms. The molecule has 0 spiro atoms. The first-order chi connectivity index (χ1) is 29.4. The van der Waals surface area contributed by atoms with E-state index in [0.29, 0.717) is 36.7 Å². The van der Waals surface area contributed by atoms with Gasteiger partial charge in [-0.2, -0.15) is 0 Å². The average molecular weight is 869 g/mol. The Morgan fingerprint density at radius 2 is 1.10 bits per heavy atom. The van der Waals surface area contributed by atoms with Crippen LogP contribution in [0.4, 0.5) is 0 Å². The Morgan fingerprint density at radius 3 is 1.64 bits per heavy atom. The van der Waals surface area contributed by atoms with Gasteiger partial charge in [0.2, 0.25) is 0 Å². The monoisotopic (exact) mass is 869 g/mol. The van der Waals surface area contributed by atoms with E-state index in [4.69, 9.17) is 18.5 Å². The molecule has 0 saturated carbocycles. The van der Waals surface area contributed by atoms with Crippen LogP contribution in [0.15, 0.2) is 122 Å². The van der Waals surface area contributed by atoms with E-state index in [1.165, 1.54) is 0 Å². The third kappa shape index (κ3) is 44.0. The molecule has 0 rings (SSSR count). The van der Waals surface area contributed by atoms with Gasteiger partial charge in [-0.1, -0.05) is 142 Å². The number of carbonyl (C=O) groups is 3. The lowest BCUT2D eigenvalue weighted by Gasteiger charge is -2.24. The van der Waals surface area contributed by atoms with Crippen molar-refractivity contribution in [1.29, 1.82) is 0 Å². The van der Waals surface area contributed by atoms with Crippen molar-refractivity contribution in [2.75, 3.05) is 47.5 Å². The normalized spacial score (nSPS) is 14.6. The summed E-state index contributed by atoms with van der Waals surface area (Å²) < 4.78 is 34.1. The maximum atomic E-state index is 12.7. The van der Waals surface area contributed by atoms with E-state index < -0.39 is 32.5 Å². The second kappa shape index (κ2) is 40.2. The lowest BCUT2D eigenvalue weighted by atomic mass is 10.1. The Balaban J connectivity index is 4.64. The third-order valence-electron chi connectivity index (χ3n) is 8.47. The van der Waals surface area contributed by atoms with Crippen LogP contribution in [0.25, 0.3) is 0 Å². The Labute approximate surface area is 369 Å². The number of esters is 2. The summed E-state index contributed by atoms with van der Waals surface area (Å²) in [6.45, 7) is 3.93. The van der Waals surface area contributed by atoms with Crippen molar-refractivity contribution < 1.29 is 46.8 Å². The summed E-state index contributed by atoms with van der Waals surface area (Å²) in [5, 5.41) is 0. The van der Waals surface area contributed by atoms with Crippen LogP contribution in [0.3, 0.4) is 0 Å². The van der Waals surface area contributed by atoms with Crippen molar-refractivity contribution in [3.8, 4) is 0 Å². The molecule has 0 aliphatic heterocycles. The molecule has 0 heterocycles. The van der Waals surface area contributed by atoms with Crippen LogP contribution in [-0.4, -0.2) is 80.7 Å². The lowest BCUT2D eigenvalue weighted by molar-refractivity contribution is -0.870. The SMILES string of the molecule is CC/C=C\C/C=C\C/C=C\C/C=C\C/C=C\C/C=C\CCC(=O)OC[C@H](COP(=O)(O)OCC[N+](C)(C)C)OC(=O)CCC/C=C\C/C=C\C/C=C\C=C\C(=O)CCCCC. The van der Waals surface area contributed by atoms with E-state index >= 15 is 0 Å². The zero-order chi connectivity index (χ0) is 45.1. The second-order valence-electron chi connectivity index (χ2n) is 15.4. The number of quaternary nitrogens is 1. The highest BCUT2D eigenvalue weighted by Crippen LogP contribution is 2.43. The van der Waals surface area contributed by atoms with Gasteiger partial charge in [-0.15, -0.1) is 0 Å². The minimum atomic E-state index is -4.43. The molecule has 10 nitrogen and oxygen atoms in total. The van der Waals surface area contributed by atoms with Gasteiger partial charge in [0.25, 0.3) is 0 Å². The number of phosphoric ester groups is 1. The standard InChI is InChI=1S/C50H78NO9P/c1-6-8-10-11-12-13-14-15-16-17-18-19-20-21-24-27-30-33-37-41-49(53)57-45-48(46-59-61(55,56)58-44-43-51(3,4)5)60-50(54)42-38-34-31-28-25-22-23-26-29-32-36-40-47(52)39-35-9-7-2/h8,10,12-13,15-16,18-19,21-24,28-33,36,40,48H,6-7,9,11,14,17,20,25-27,34-35,37-39,41-46H2,1-5H3/p+1/b10-8-,13-12-,16-15-,19-18-,23-22-,24-21-,31-28-,32-29-,33-30-,40-36+/t48-/m1/s1. The van der Waals surface area contributed by atoms with Gasteiger partial charge in [0.15, 0.2) is 11.9 Å². The number of unbranched alkanes of at least 4 members (excludes halogenated alkanes) is 3. The number of ketones is 1. The van der Waals surface area contributed by atoms with Crippen molar-refractivity contribution >= 4 is 25.5 Å². The first-order valence-electron chi connectivity index (χ1n) is 22.2. The molecule has 0 bridgehead atoms. The Hall–Kier alpha value is -3.92. The van der Waals surface area contributed by atoms with Crippen LogP contribution in [0.1, 0.15) is 123 Å². The van der Waals surface area contributed by atoms with Crippen LogP contribution in [0.2, 0.25) is 0 Å².